The summed E-state index contributed by atoms with van der Waals surface area (Å²) in [5.41, 5.74) is 6.06. The molecule has 0 aromatic heterocycles. The molecule has 0 aliphatic carbocycles. The van der Waals surface area contributed by atoms with Crippen LogP contribution in [0.5, 0.6) is 11.5 Å². The van der Waals surface area contributed by atoms with Crippen LogP contribution in [-0.4, -0.2) is 45.6 Å². The van der Waals surface area contributed by atoms with Crippen LogP contribution in [-0.2, 0) is 21.4 Å². The molecular weight excluding hydrogens is 478 g/mol. The zero-order valence-electron chi connectivity index (χ0n) is 21.1. The van der Waals surface area contributed by atoms with Crippen molar-refractivity contribution in [1.29, 1.82) is 0 Å². The van der Waals surface area contributed by atoms with Gasteiger partial charge in [0.15, 0.2) is 0 Å². The van der Waals surface area contributed by atoms with Crippen molar-refractivity contribution in [2.45, 2.75) is 32.2 Å². The molecule has 9 heteroatoms. The van der Waals surface area contributed by atoms with Gasteiger partial charge in [-0.15, -0.1) is 0 Å². The van der Waals surface area contributed by atoms with Crippen molar-refractivity contribution in [3.63, 3.8) is 0 Å². The molecule has 0 saturated heterocycles. The molecular formula is C27H31N3O5S. The van der Waals surface area contributed by atoms with E-state index in [1.54, 1.807) is 39.2 Å². The molecule has 0 aliphatic rings. The number of hydrogen-bond acceptors (Lipinski definition) is 6. The average Bonchev–Trinajstić information content (AvgIpc) is 2.83. The number of nitrogens with one attached hydrogen (secondary N) is 1. The van der Waals surface area contributed by atoms with E-state index in [0.29, 0.717) is 28.2 Å². The average molecular weight is 510 g/mol. The maximum Gasteiger partial charge on any atom is 0.255 e. The molecule has 0 saturated carbocycles. The van der Waals surface area contributed by atoms with Crippen molar-refractivity contribution in [1.82, 2.24) is 9.73 Å². The fraction of sp³-hybridized carbons (Fsp3) is 0.259. The van der Waals surface area contributed by atoms with E-state index < -0.39 is 22.5 Å². The van der Waals surface area contributed by atoms with Crippen LogP contribution in [0.15, 0.2) is 70.7 Å². The Morgan fingerprint density at radius 2 is 1.64 bits per heavy atom. The van der Waals surface area contributed by atoms with Gasteiger partial charge in [-0.3, -0.25) is 4.79 Å². The summed E-state index contributed by atoms with van der Waals surface area (Å²) in [6, 6.07) is 18.0. The number of hydrazone groups is 1. The first-order valence-electron chi connectivity index (χ1n) is 11.3. The van der Waals surface area contributed by atoms with Crippen molar-refractivity contribution >= 4 is 22.1 Å². The van der Waals surface area contributed by atoms with Crippen LogP contribution in [0.1, 0.15) is 27.8 Å². The molecule has 0 fully saturated rings. The molecule has 3 rings (SSSR count). The SMILES string of the molecule is COc1ccc(/C=N\NC(=O)CN(Cc2ccccc2)S(=O)(=O)c2c(C)cc(C)cc2C)c(OC)c1. The highest BCUT2D eigenvalue weighted by molar-refractivity contribution is 7.89. The van der Waals surface area contributed by atoms with Crippen LogP contribution >= 0.6 is 0 Å². The number of nitrogens with zero attached hydrogens (tertiary/aromatic N) is 2. The molecule has 0 bridgehead atoms. The molecule has 0 radical (unpaired) electrons. The molecule has 8 nitrogen and oxygen atoms in total. The number of amides is 1. The Morgan fingerprint density at radius 1 is 0.972 bits per heavy atom. The van der Waals surface area contributed by atoms with Gasteiger partial charge in [-0.05, 0) is 49.6 Å². The van der Waals surface area contributed by atoms with Gasteiger partial charge in [0.1, 0.15) is 11.5 Å². The van der Waals surface area contributed by atoms with Crippen LogP contribution in [0.4, 0.5) is 0 Å². The number of aryl methyl sites for hydroxylation is 3. The zero-order chi connectivity index (χ0) is 26.3. The van der Waals surface area contributed by atoms with Crippen molar-refractivity contribution in [3.8, 4) is 11.5 Å². The summed E-state index contributed by atoms with van der Waals surface area (Å²) in [6.45, 7) is 5.09. The smallest absolute Gasteiger partial charge is 0.255 e. The highest BCUT2D eigenvalue weighted by Gasteiger charge is 2.30. The van der Waals surface area contributed by atoms with E-state index in [-0.39, 0.29) is 11.4 Å². The van der Waals surface area contributed by atoms with E-state index in [0.717, 1.165) is 11.1 Å². The van der Waals surface area contributed by atoms with Crippen molar-refractivity contribution in [2.24, 2.45) is 5.10 Å². The summed E-state index contributed by atoms with van der Waals surface area (Å²) in [5, 5.41) is 4.00. The van der Waals surface area contributed by atoms with E-state index in [1.165, 1.54) is 17.6 Å². The molecule has 36 heavy (non-hydrogen) atoms. The number of ether oxygens (including phenoxy) is 2. The second-order valence-corrected chi connectivity index (χ2v) is 10.3. The largest absolute Gasteiger partial charge is 0.497 e. The minimum atomic E-state index is -3.98. The third kappa shape index (κ3) is 6.50. The number of hydrogen-bond donors (Lipinski definition) is 1. The first-order valence-corrected chi connectivity index (χ1v) is 12.8. The van der Waals surface area contributed by atoms with Gasteiger partial charge in [-0.2, -0.15) is 9.41 Å². The predicted molar refractivity (Wildman–Crippen MR) is 140 cm³/mol. The Hall–Kier alpha value is -3.69. The summed E-state index contributed by atoms with van der Waals surface area (Å²) in [6.07, 6.45) is 1.43. The summed E-state index contributed by atoms with van der Waals surface area (Å²) in [5.74, 6) is 0.572. The Morgan fingerprint density at radius 3 is 2.25 bits per heavy atom. The lowest BCUT2D eigenvalue weighted by molar-refractivity contribution is -0.121. The Balaban J connectivity index is 1.85. The van der Waals surface area contributed by atoms with Gasteiger partial charge < -0.3 is 9.47 Å². The van der Waals surface area contributed by atoms with Crippen LogP contribution in [0.25, 0.3) is 0 Å². The van der Waals surface area contributed by atoms with E-state index >= 15 is 0 Å². The van der Waals surface area contributed by atoms with Gasteiger partial charge in [-0.25, -0.2) is 13.8 Å². The summed E-state index contributed by atoms with van der Waals surface area (Å²) < 4.78 is 39.2. The molecule has 0 unspecified atom stereocenters. The third-order valence-electron chi connectivity index (χ3n) is 5.56. The molecule has 1 N–H and O–H groups in total. The molecule has 190 valence electrons. The summed E-state index contributed by atoms with van der Waals surface area (Å²) in [4.78, 5) is 13.0. The highest BCUT2D eigenvalue weighted by Crippen LogP contribution is 2.26. The van der Waals surface area contributed by atoms with Crippen LogP contribution in [0.3, 0.4) is 0 Å². The Labute approximate surface area is 212 Å². The molecule has 1 amide bonds. The van der Waals surface area contributed by atoms with Crippen LogP contribution in [0, 0.1) is 20.8 Å². The van der Waals surface area contributed by atoms with Crippen LogP contribution < -0.4 is 14.9 Å². The lowest BCUT2D eigenvalue weighted by Gasteiger charge is -2.24. The second kappa shape index (κ2) is 11.8. The van der Waals surface area contributed by atoms with E-state index in [1.807, 2.05) is 49.4 Å². The summed E-state index contributed by atoms with van der Waals surface area (Å²) in [7, 11) is -0.908. The fourth-order valence-electron chi connectivity index (χ4n) is 4.01. The summed E-state index contributed by atoms with van der Waals surface area (Å²) >= 11 is 0. The zero-order valence-corrected chi connectivity index (χ0v) is 21.9. The second-order valence-electron chi connectivity index (χ2n) is 8.39. The molecule has 0 heterocycles. The predicted octanol–water partition coefficient (Wildman–Crippen LogP) is 3.97. The normalized spacial score (nSPS) is 11.6. The molecule has 3 aromatic rings. The first kappa shape index (κ1) is 26.9. The minimum Gasteiger partial charge on any atom is -0.497 e. The number of carbonyl (C=O) groups excluding carboxylic acids is 1. The topological polar surface area (TPSA) is 97.3 Å². The molecule has 3 aromatic carbocycles. The monoisotopic (exact) mass is 509 g/mol. The quantitative estimate of drug-likeness (QED) is 0.330. The number of carbonyl (C=O) groups is 1. The fourth-order valence-corrected chi connectivity index (χ4v) is 5.81. The van der Waals surface area contributed by atoms with Gasteiger partial charge in [0.2, 0.25) is 10.0 Å². The van der Waals surface area contributed by atoms with Gasteiger partial charge in [0.05, 0.1) is 31.9 Å². The van der Waals surface area contributed by atoms with Crippen molar-refractivity contribution < 1.29 is 22.7 Å². The van der Waals surface area contributed by atoms with Gasteiger partial charge >= 0.3 is 0 Å². The van der Waals surface area contributed by atoms with E-state index in [9.17, 15) is 13.2 Å². The molecule has 0 spiro atoms. The number of rotatable bonds is 10. The lowest BCUT2D eigenvalue weighted by atomic mass is 10.1. The standard InChI is InChI=1S/C27H31N3O5S/c1-19-13-20(2)27(21(3)14-19)36(32,33)30(17-22-9-7-6-8-10-22)18-26(31)29-28-16-23-11-12-24(34-4)15-25(23)35-5/h6-16H,17-18H2,1-5H3,(H,29,31)/b28-16-. The third-order valence-corrected chi connectivity index (χ3v) is 7.66. The van der Waals surface area contributed by atoms with E-state index in [4.69, 9.17) is 9.47 Å². The molecule has 0 aliphatic heterocycles. The lowest BCUT2D eigenvalue weighted by Crippen LogP contribution is -2.39. The van der Waals surface area contributed by atoms with E-state index in [2.05, 4.69) is 10.5 Å². The van der Waals surface area contributed by atoms with Crippen molar-refractivity contribution in [2.75, 3.05) is 20.8 Å². The van der Waals surface area contributed by atoms with Gasteiger partial charge in [0, 0.05) is 18.2 Å². The number of methoxy groups -OCH3 is 2. The minimum absolute atomic E-state index is 0.0410. The highest BCUT2D eigenvalue weighted by atomic mass is 32.2. The Kier molecular flexibility index (Phi) is 8.84. The first-order chi connectivity index (χ1) is 17.1. The maximum atomic E-state index is 13.7. The number of sulfonamides is 1. The number of benzene rings is 3. The van der Waals surface area contributed by atoms with Crippen LogP contribution in [0.2, 0.25) is 0 Å². The Bertz CT molecular complexity index is 1330. The van der Waals surface area contributed by atoms with Crippen molar-refractivity contribution in [3.05, 3.63) is 88.5 Å². The van der Waals surface area contributed by atoms with Gasteiger partial charge in [-0.1, -0.05) is 48.0 Å². The molecule has 0 atom stereocenters. The van der Waals surface area contributed by atoms with Gasteiger partial charge in [0.25, 0.3) is 5.91 Å². The maximum absolute atomic E-state index is 13.7.